The summed E-state index contributed by atoms with van der Waals surface area (Å²) in [5, 5.41) is 10.8. The molecule has 0 aliphatic carbocycles. The molecule has 0 saturated carbocycles. The molecule has 126 valence electrons. The molecule has 0 aromatic rings. The lowest BCUT2D eigenvalue weighted by molar-refractivity contribution is 0.194. The number of amides is 1. The Kier molecular flexibility index (Phi) is 16.3. The minimum absolute atomic E-state index is 0.563. The lowest BCUT2D eigenvalue weighted by atomic mass is 10.1. The van der Waals surface area contributed by atoms with Crippen LogP contribution < -0.4 is 5.32 Å². The number of hydrogen-bond acceptors (Lipinski definition) is 1. The molecule has 0 saturated heterocycles. The quantitative estimate of drug-likeness (QED) is 0.313. The highest BCUT2D eigenvalue weighted by Gasteiger charge is 1.92. The minimum atomic E-state index is -0.928. The second-order valence-electron chi connectivity index (χ2n) is 5.46. The van der Waals surface area contributed by atoms with Crippen LogP contribution in [0.1, 0.15) is 71.1 Å². The lowest BCUT2D eigenvalue weighted by Gasteiger charge is -1.99. The van der Waals surface area contributed by atoms with Gasteiger partial charge in [-0.3, -0.25) is 0 Å². The average Bonchev–Trinajstić information content (AvgIpc) is 2.50. The van der Waals surface area contributed by atoms with E-state index in [-0.39, 0.29) is 0 Å². The van der Waals surface area contributed by atoms with Crippen molar-refractivity contribution in [1.82, 2.24) is 5.32 Å². The summed E-state index contributed by atoms with van der Waals surface area (Å²) in [4.78, 5) is 10.2. The van der Waals surface area contributed by atoms with E-state index in [0.717, 1.165) is 38.5 Å². The third-order valence-corrected chi connectivity index (χ3v) is 3.34. The van der Waals surface area contributed by atoms with Crippen LogP contribution >= 0.6 is 0 Å². The Morgan fingerprint density at radius 3 is 1.91 bits per heavy atom. The molecular formula is C19H33NO2. The Morgan fingerprint density at radius 2 is 1.36 bits per heavy atom. The zero-order chi connectivity index (χ0) is 16.3. The van der Waals surface area contributed by atoms with Crippen LogP contribution in [-0.4, -0.2) is 17.7 Å². The molecule has 22 heavy (non-hydrogen) atoms. The molecule has 0 unspecified atom stereocenters. The van der Waals surface area contributed by atoms with Crippen molar-refractivity contribution in [2.45, 2.75) is 71.1 Å². The van der Waals surface area contributed by atoms with Gasteiger partial charge in [-0.05, 0) is 44.9 Å². The van der Waals surface area contributed by atoms with E-state index in [1.54, 1.807) is 0 Å². The van der Waals surface area contributed by atoms with E-state index in [1.165, 1.54) is 25.7 Å². The van der Waals surface area contributed by atoms with E-state index in [9.17, 15) is 4.79 Å². The fraction of sp³-hybridized carbons (Fsp3) is 0.632. The molecule has 0 aliphatic rings. The van der Waals surface area contributed by atoms with Gasteiger partial charge >= 0.3 is 6.09 Å². The summed E-state index contributed by atoms with van der Waals surface area (Å²) in [6.07, 6.45) is 23.9. The first-order valence-corrected chi connectivity index (χ1v) is 8.69. The van der Waals surface area contributed by atoms with Gasteiger partial charge in [0.25, 0.3) is 0 Å². The van der Waals surface area contributed by atoms with Crippen molar-refractivity contribution in [2.75, 3.05) is 6.54 Å². The van der Waals surface area contributed by atoms with Crippen molar-refractivity contribution in [1.29, 1.82) is 0 Å². The summed E-state index contributed by atoms with van der Waals surface area (Å²) in [6, 6.07) is 0. The van der Waals surface area contributed by atoms with Gasteiger partial charge in [-0.25, -0.2) is 4.79 Å². The molecule has 2 N–H and O–H groups in total. The van der Waals surface area contributed by atoms with E-state index in [4.69, 9.17) is 5.11 Å². The largest absolute Gasteiger partial charge is 0.465 e. The van der Waals surface area contributed by atoms with Crippen LogP contribution in [0.5, 0.6) is 0 Å². The first-order valence-electron chi connectivity index (χ1n) is 8.69. The third-order valence-electron chi connectivity index (χ3n) is 3.34. The van der Waals surface area contributed by atoms with E-state index < -0.39 is 6.09 Å². The van der Waals surface area contributed by atoms with E-state index in [0.29, 0.717) is 6.54 Å². The lowest BCUT2D eigenvalue weighted by Crippen LogP contribution is -2.21. The van der Waals surface area contributed by atoms with Crippen LogP contribution in [0.4, 0.5) is 4.79 Å². The maximum atomic E-state index is 10.2. The summed E-state index contributed by atoms with van der Waals surface area (Å²) < 4.78 is 0. The van der Waals surface area contributed by atoms with E-state index in [2.05, 4.69) is 48.7 Å². The zero-order valence-corrected chi connectivity index (χ0v) is 14.1. The van der Waals surface area contributed by atoms with Crippen molar-refractivity contribution in [3.63, 3.8) is 0 Å². The molecule has 0 atom stereocenters. The summed E-state index contributed by atoms with van der Waals surface area (Å²) in [6.45, 7) is 2.80. The fourth-order valence-electron chi connectivity index (χ4n) is 2.05. The maximum Gasteiger partial charge on any atom is 0.404 e. The SMILES string of the molecule is CCCCC/C=C/C/C=C/C/C=C/CCCCCNC(=O)O. The third kappa shape index (κ3) is 18.5. The fourth-order valence-corrected chi connectivity index (χ4v) is 2.05. The standard InChI is InChI=1S/C19H33NO2/c1-2-3-4-5-6-7-8-9-10-11-12-13-14-15-16-17-18-20-19(21)22/h6-7,9-10,12-13,20H,2-5,8,11,14-18H2,1H3,(H,21,22)/b7-6+,10-9+,13-12+. The number of hydrogen-bond donors (Lipinski definition) is 2. The summed E-state index contributed by atoms with van der Waals surface area (Å²) >= 11 is 0. The monoisotopic (exact) mass is 307 g/mol. The summed E-state index contributed by atoms with van der Waals surface area (Å²) in [5.41, 5.74) is 0. The smallest absolute Gasteiger partial charge is 0.404 e. The second kappa shape index (κ2) is 17.5. The van der Waals surface area contributed by atoms with Crippen molar-refractivity contribution in [3.05, 3.63) is 36.5 Å². The van der Waals surface area contributed by atoms with Gasteiger partial charge in [-0.2, -0.15) is 0 Å². The Bertz CT molecular complexity index is 332. The van der Waals surface area contributed by atoms with Crippen molar-refractivity contribution in [3.8, 4) is 0 Å². The minimum Gasteiger partial charge on any atom is -0.465 e. The molecule has 0 aromatic heterocycles. The Labute approximate surface area is 136 Å². The number of rotatable bonds is 14. The Morgan fingerprint density at radius 1 is 0.818 bits per heavy atom. The van der Waals surface area contributed by atoms with Gasteiger partial charge in [-0.15, -0.1) is 0 Å². The molecule has 0 radical (unpaired) electrons. The topological polar surface area (TPSA) is 49.3 Å². The molecule has 0 aliphatic heterocycles. The maximum absolute atomic E-state index is 10.2. The molecule has 0 rings (SSSR count). The van der Waals surface area contributed by atoms with Crippen LogP contribution in [0.2, 0.25) is 0 Å². The van der Waals surface area contributed by atoms with Crippen LogP contribution in [0.3, 0.4) is 0 Å². The molecule has 1 amide bonds. The number of carbonyl (C=O) groups is 1. The summed E-state index contributed by atoms with van der Waals surface area (Å²) in [5.74, 6) is 0. The van der Waals surface area contributed by atoms with Crippen molar-refractivity contribution < 1.29 is 9.90 Å². The molecular weight excluding hydrogens is 274 g/mol. The highest BCUT2D eigenvalue weighted by atomic mass is 16.4. The Balaban J connectivity index is 3.29. The highest BCUT2D eigenvalue weighted by molar-refractivity contribution is 5.64. The van der Waals surface area contributed by atoms with Crippen molar-refractivity contribution >= 4 is 6.09 Å². The van der Waals surface area contributed by atoms with E-state index >= 15 is 0 Å². The van der Waals surface area contributed by atoms with Gasteiger partial charge in [0, 0.05) is 6.54 Å². The molecule has 0 aromatic carbocycles. The van der Waals surface area contributed by atoms with Gasteiger partial charge in [0.15, 0.2) is 0 Å². The van der Waals surface area contributed by atoms with Crippen LogP contribution in [0.15, 0.2) is 36.5 Å². The van der Waals surface area contributed by atoms with Crippen LogP contribution in [0, 0.1) is 0 Å². The first kappa shape index (κ1) is 20.5. The van der Waals surface area contributed by atoms with Crippen LogP contribution in [-0.2, 0) is 0 Å². The predicted octanol–water partition coefficient (Wildman–Crippen LogP) is 5.84. The number of allylic oxidation sites excluding steroid dienone is 6. The number of unbranched alkanes of at least 4 members (excludes halogenated alkanes) is 6. The van der Waals surface area contributed by atoms with Gasteiger partial charge in [0.2, 0.25) is 0 Å². The van der Waals surface area contributed by atoms with Gasteiger partial charge in [-0.1, -0.05) is 62.6 Å². The Hall–Kier alpha value is -1.51. The molecule has 0 heterocycles. The van der Waals surface area contributed by atoms with Gasteiger partial charge in [0.1, 0.15) is 0 Å². The summed E-state index contributed by atoms with van der Waals surface area (Å²) in [7, 11) is 0. The number of carboxylic acid groups (broad SMARTS) is 1. The van der Waals surface area contributed by atoms with Crippen molar-refractivity contribution in [2.24, 2.45) is 0 Å². The normalized spacial score (nSPS) is 11.9. The molecule has 0 fully saturated rings. The highest BCUT2D eigenvalue weighted by Crippen LogP contribution is 2.02. The predicted molar refractivity (Wildman–Crippen MR) is 95.3 cm³/mol. The van der Waals surface area contributed by atoms with Gasteiger partial charge in [0.05, 0.1) is 0 Å². The first-order chi connectivity index (χ1) is 10.8. The van der Waals surface area contributed by atoms with Crippen LogP contribution in [0.25, 0.3) is 0 Å². The second-order valence-corrected chi connectivity index (χ2v) is 5.46. The molecule has 0 bridgehead atoms. The molecule has 0 spiro atoms. The number of nitrogens with one attached hydrogen (secondary N) is 1. The molecule has 3 heteroatoms. The van der Waals surface area contributed by atoms with Gasteiger partial charge < -0.3 is 10.4 Å². The molecule has 3 nitrogen and oxygen atoms in total. The average molecular weight is 307 g/mol. The van der Waals surface area contributed by atoms with E-state index in [1.807, 2.05) is 0 Å². The zero-order valence-electron chi connectivity index (χ0n) is 14.1.